The normalized spacial score (nSPS) is 13.8. The van der Waals surface area contributed by atoms with Gasteiger partial charge in [-0.25, -0.2) is 4.98 Å². The molecule has 0 fully saturated rings. The molecule has 0 saturated carbocycles. The number of fused-ring (bicyclic) bond motifs is 3. The van der Waals surface area contributed by atoms with E-state index >= 15 is 0 Å². The fourth-order valence-corrected chi connectivity index (χ4v) is 4.45. The van der Waals surface area contributed by atoms with E-state index < -0.39 is 0 Å². The summed E-state index contributed by atoms with van der Waals surface area (Å²) in [7, 11) is 0. The number of nitrogens with zero attached hydrogens (tertiary/aromatic N) is 3. The molecule has 1 aliphatic heterocycles. The first kappa shape index (κ1) is 21.2. The highest BCUT2D eigenvalue weighted by Gasteiger charge is 2.23. The molecule has 1 amide bonds. The van der Waals surface area contributed by atoms with Gasteiger partial charge in [0.1, 0.15) is 5.82 Å². The number of hydrogen-bond donors (Lipinski definition) is 1. The Hall–Kier alpha value is -2.99. The molecular weight excluding hydrogens is 388 g/mol. The zero-order chi connectivity index (χ0) is 22.1. The number of allylic oxidation sites excluding steroid dienone is 1. The summed E-state index contributed by atoms with van der Waals surface area (Å²) in [6, 6.07) is 12.6. The molecule has 6 nitrogen and oxygen atoms in total. The first-order valence-electron chi connectivity index (χ1n) is 11.0. The van der Waals surface area contributed by atoms with Gasteiger partial charge in [0, 0.05) is 31.7 Å². The fourth-order valence-electron chi connectivity index (χ4n) is 4.45. The molecule has 0 radical (unpaired) electrons. The molecule has 4 rings (SSSR count). The number of rotatable bonds is 6. The molecule has 3 aromatic rings. The maximum absolute atomic E-state index is 13.2. The predicted octanol–water partition coefficient (Wildman–Crippen LogP) is 3.57. The van der Waals surface area contributed by atoms with Crippen LogP contribution in [0.1, 0.15) is 39.9 Å². The first-order chi connectivity index (χ1) is 14.9. The number of carbonyl (C=O) groups is 1. The van der Waals surface area contributed by atoms with Crippen molar-refractivity contribution in [3.8, 4) is 0 Å². The van der Waals surface area contributed by atoms with Crippen LogP contribution in [0.5, 0.6) is 0 Å². The standard InChI is InChI=1S/C25H30N4O2/c1-16(2)28(17(3)4)13-11-26-24(30)20-10-7-12-29-23(20)27-22-15-19-9-6-5-8-18(19)14-21(22)25(29)31/h5-6,8-10,14-17H,7,11-13H2,1-4H3,(H,26,30). The van der Waals surface area contributed by atoms with Gasteiger partial charge < -0.3 is 5.32 Å². The van der Waals surface area contributed by atoms with Crippen molar-refractivity contribution in [2.24, 2.45) is 0 Å². The highest BCUT2D eigenvalue weighted by atomic mass is 16.2. The summed E-state index contributed by atoms with van der Waals surface area (Å²) in [5, 5.41) is 5.66. The molecule has 0 atom stereocenters. The van der Waals surface area contributed by atoms with Gasteiger partial charge in [-0.2, -0.15) is 0 Å². The maximum Gasteiger partial charge on any atom is 0.261 e. The third-order valence-electron chi connectivity index (χ3n) is 5.99. The molecule has 2 heterocycles. The van der Waals surface area contributed by atoms with Crippen molar-refractivity contribution in [1.29, 1.82) is 0 Å². The summed E-state index contributed by atoms with van der Waals surface area (Å²) >= 11 is 0. The average Bonchev–Trinajstić information content (AvgIpc) is 2.74. The first-order valence-corrected chi connectivity index (χ1v) is 11.0. The van der Waals surface area contributed by atoms with Gasteiger partial charge in [0.15, 0.2) is 0 Å². The van der Waals surface area contributed by atoms with Crippen molar-refractivity contribution in [2.45, 2.75) is 52.7 Å². The minimum Gasteiger partial charge on any atom is -0.351 e. The zero-order valence-electron chi connectivity index (χ0n) is 18.7. The topological polar surface area (TPSA) is 67.2 Å². The van der Waals surface area contributed by atoms with Gasteiger partial charge in [-0.15, -0.1) is 0 Å². The SMILES string of the molecule is CC(C)N(CCNC(=O)C1=CCCn2c1nc1cc3ccccc3cc1c2=O)C(C)C. The highest BCUT2D eigenvalue weighted by Crippen LogP contribution is 2.24. The molecule has 6 heteroatoms. The molecule has 162 valence electrons. The summed E-state index contributed by atoms with van der Waals surface area (Å²) in [5.41, 5.74) is 1.02. The Bertz CT molecular complexity index is 1220. The van der Waals surface area contributed by atoms with E-state index in [1.807, 2.05) is 42.5 Å². The Balaban J connectivity index is 1.63. The summed E-state index contributed by atoms with van der Waals surface area (Å²) in [6.45, 7) is 10.5. The summed E-state index contributed by atoms with van der Waals surface area (Å²) in [5.74, 6) is 0.286. The van der Waals surface area contributed by atoms with Crippen molar-refractivity contribution in [3.63, 3.8) is 0 Å². The Labute approximate surface area is 182 Å². The lowest BCUT2D eigenvalue weighted by Crippen LogP contribution is -2.43. The summed E-state index contributed by atoms with van der Waals surface area (Å²) < 4.78 is 1.64. The third-order valence-corrected chi connectivity index (χ3v) is 5.99. The van der Waals surface area contributed by atoms with Crippen LogP contribution in [0.2, 0.25) is 0 Å². The number of carbonyl (C=O) groups excluding carboxylic acids is 1. The molecule has 1 aliphatic rings. The molecule has 0 unspecified atom stereocenters. The van der Waals surface area contributed by atoms with E-state index in [0.717, 1.165) is 17.3 Å². The van der Waals surface area contributed by atoms with Crippen LogP contribution in [-0.4, -0.2) is 45.5 Å². The van der Waals surface area contributed by atoms with Crippen molar-refractivity contribution in [1.82, 2.24) is 19.8 Å². The second kappa shape index (κ2) is 8.63. The molecule has 0 spiro atoms. The van der Waals surface area contributed by atoms with Gasteiger partial charge >= 0.3 is 0 Å². The van der Waals surface area contributed by atoms with Crippen LogP contribution in [-0.2, 0) is 11.3 Å². The Morgan fingerprint density at radius 2 is 1.81 bits per heavy atom. The molecule has 1 N–H and O–H groups in total. The van der Waals surface area contributed by atoms with Crippen LogP contribution < -0.4 is 10.9 Å². The summed E-state index contributed by atoms with van der Waals surface area (Å²) in [4.78, 5) is 33.3. The fraction of sp³-hybridized carbons (Fsp3) is 0.400. The van der Waals surface area contributed by atoms with Crippen LogP contribution in [0, 0.1) is 0 Å². The number of nitrogens with one attached hydrogen (secondary N) is 1. The van der Waals surface area contributed by atoms with Crippen molar-refractivity contribution in [3.05, 3.63) is 58.7 Å². The smallest absolute Gasteiger partial charge is 0.261 e. The van der Waals surface area contributed by atoms with Crippen molar-refractivity contribution >= 4 is 33.2 Å². The lowest BCUT2D eigenvalue weighted by atomic mass is 10.1. The van der Waals surface area contributed by atoms with E-state index in [-0.39, 0.29) is 11.5 Å². The van der Waals surface area contributed by atoms with Gasteiger partial charge in [-0.3, -0.25) is 19.1 Å². The van der Waals surface area contributed by atoms with E-state index in [1.165, 1.54) is 0 Å². The van der Waals surface area contributed by atoms with Crippen LogP contribution in [0.25, 0.3) is 27.2 Å². The van der Waals surface area contributed by atoms with E-state index in [2.05, 4.69) is 37.9 Å². The lowest BCUT2D eigenvalue weighted by molar-refractivity contribution is -0.115. The predicted molar refractivity (Wildman–Crippen MR) is 126 cm³/mol. The third kappa shape index (κ3) is 4.12. The molecule has 2 aromatic carbocycles. The van der Waals surface area contributed by atoms with Crippen LogP contribution in [0.3, 0.4) is 0 Å². The number of benzene rings is 2. The van der Waals surface area contributed by atoms with Crippen LogP contribution in [0.15, 0.2) is 47.3 Å². The van der Waals surface area contributed by atoms with E-state index in [1.54, 1.807) is 4.57 Å². The van der Waals surface area contributed by atoms with E-state index in [9.17, 15) is 9.59 Å². The molecule has 0 aliphatic carbocycles. The maximum atomic E-state index is 13.2. The minimum atomic E-state index is -0.173. The molecule has 0 saturated heterocycles. The molecule has 1 aromatic heterocycles. The van der Waals surface area contributed by atoms with Crippen LogP contribution >= 0.6 is 0 Å². The van der Waals surface area contributed by atoms with Gasteiger partial charge in [0.05, 0.1) is 16.5 Å². The minimum absolute atomic E-state index is 0.0880. The number of aromatic nitrogens is 2. The van der Waals surface area contributed by atoms with Gasteiger partial charge in [0.25, 0.3) is 11.5 Å². The number of hydrogen-bond acceptors (Lipinski definition) is 4. The lowest BCUT2D eigenvalue weighted by Gasteiger charge is -2.30. The van der Waals surface area contributed by atoms with Gasteiger partial charge in [-0.1, -0.05) is 30.3 Å². The largest absolute Gasteiger partial charge is 0.351 e. The van der Waals surface area contributed by atoms with Crippen molar-refractivity contribution < 1.29 is 4.79 Å². The number of amides is 1. The van der Waals surface area contributed by atoms with E-state index in [4.69, 9.17) is 4.98 Å². The van der Waals surface area contributed by atoms with Gasteiger partial charge in [0.2, 0.25) is 0 Å². The van der Waals surface area contributed by atoms with Crippen LogP contribution in [0.4, 0.5) is 0 Å². The monoisotopic (exact) mass is 418 g/mol. The van der Waals surface area contributed by atoms with E-state index in [0.29, 0.717) is 53.9 Å². The quantitative estimate of drug-likeness (QED) is 0.622. The zero-order valence-corrected chi connectivity index (χ0v) is 18.7. The second-order valence-electron chi connectivity index (χ2n) is 8.70. The Morgan fingerprint density at radius 3 is 2.48 bits per heavy atom. The average molecular weight is 419 g/mol. The molecule has 31 heavy (non-hydrogen) atoms. The molecular formula is C25H30N4O2. The Morgan fingerprint density at radius 1 is 1.13 bits per heavy atom. The van der Waals surface area contributed by atoms with Gasteiger partial charge in [-0.05, 0) is 57.0 Å². The summed E-state index contributed by atoms with van der Waals surface area (Å²) in [6.07, 6.45) is 2.53. The van der Waals surface area contributed by atoms with Crippen molar-refractivity contribution in [2.75, 3.05) is 13.1 Å². The Kier molecular flexibility index (Phi) is 5.92. The molecule has 0 bridgehead atoms. The second-order valence-corrected chi connectivity index (χ2v) is 8.70. The highest BCUT2D eigenvalue weighted by molar-refractivity contribution is 6.19.